The van der Waals surface area contributed by atoms with Gasteiger partial charge in [0.05, 0.1) is 6.61 Å². The Morgan fingerprint density at radius 2 is 2.33 bits per heavy atom. The van der Waals surface area contributed by atoms with Crippen LogP contribution in [0.1, 0.15) is 25.3 Å². The molecule has 1 saturated carbocycles. The summed E-state index contributed by atoms with van der Waals surface area (Å²) in [5.74, 6) is 1.02. The van der Waals surface area contributed by atoms with Gasteiger partial charge in [0.15, 0.2) is 0 Å². The molecule has 0 aromatic carbocycles. The molecule has 1 aliphatic rings. The van der Waals surface area contributed by atoms with Gasteiger partial charge in [-0.3, -0.25) is 4.90 Å². The zero-order valence-electron chi connectivity index (χ0n) is 11.4. The summed E-state index contributed by atoms with van der Waals surface area (Å²) < 4.78 is 5.19. The summed E-state index contributed by atoms with van der Waals surface area (Å²) in [6.07, 6.45) is 4.49. The Kier molecular flexibility index (Phi) is 4.96. The number of anilines is 1. The maximum Gasteiger partial charge on any atom is 0.130 e. The summed E-state index contributed by atoms with van der Waals surface area (Å²) in [5.41, 5.74) is 1.28. The molecule has 1 N–H and O–H groups in total. The molecule has 100 valence electrons. The third-order valence-corrected chi connectivity index (χ3v) is 3.25. The summed E-state index contributed by atoms with van der Waals surface area (Å²) >= 11 is 0. The predicted octanol–water partition coefficient (Wildman–Crippen LogP) is 2.12. The zero-order valence-corrected chi connectivity index (χ0v) is 11.4. The van der Waals surface area contributed by atoms with E-state index >= 15 is 0 Å². The van der Waals surface area contributed by atoms with Crippen LogP contribution in [0, 0.1) is 0 Å². The first-order valence-corrected chi connectivity index (χ1v) is 6.76. The number of hydrogen-bond acceptors (Lipinski definition) is 4. The third kappa shape index (κ3) is 3.68. The van der Waals surface area contributed by atoms with E-state index in [-0.39, 0.29) is 0 Å². The summed E-state index contributed by atoms with van der Waals surface area (Å²) in [6, 6.07) is 4.92. The Hall–Kier alpha value is -1.13. The van der Waals surface area contributed by atoms with Crippen molar-refractivity contribution in [3.63, 3.8) is 0 Å². The van der Waals surface area contributed by atoms with Crippen molar-refractivity contribution < 1.29 is 4.74 Å². The van der Waals surface area contributed by atoms with Crippen molar-refractivity contribution in [2.75, 3.05) is 32.1 Å². The quantitative estimate of drug-likeness (QED) is 0.766. The third-order valence-electron chi connectivity index (χ3n) is 3.25. The summed E-state index contributed by atoms with van der Waals surface area (Å²) in [7, 11) is 1.76. The van der Waals surface area contributed by atoms with Crippen molar-refractivity contribution in [1.29, 1.82) is 0 Å². The van der Waals surface area contributed by atoms with Crippen LogP contribution in [0.15, 0.2) is 18.3 Å². The van der Waals surface area contributed by atoms with Crippen LogP contribution in [0.25, 0.3) is 0 Å². The minimum atomic E-state index is 0.745. The molecular weight excluding hydrogens is 226 g/mol. The fraction of sp³-hybridized carbons (Fsp3) is 0.643. The molecule has 4 heteroatoms. The van der Waals surface area contributed by atoms with Gasteiger partial charge in [-0.15, -0.1) is 0 Å². The van der Waals surface area contributed by atoms with Gasteiger partial charge in [0.1, 0.15) is 5.82 Å². The number of ether oxygens (including phenoxy) is 1. The monoisotopic (exact) mass is 249 g/mol. The first-order valence-electron chi connectivity index (χ1n) is 6.76. The van der Waals surface area contributed by atoms with Crippen LogP contribution in [-0.2, 0) is 11.3 Å². The van der Waals surface area contributed by atoms with Crippen molar-refractivity contribution in [2.45, 2.75) is 32.4 Å². The average molecular weight is 249 g/mol. The van der Waals surface area contributed by atoms with E-state index in [4.69, 9.17) is 4.74 Å². The smallest absolute Gasteiger partial charge is 0.130 e. The predicted molar refractivity (Wildman–Crippen MR) is 73.7 cm³/mol. The van der Waals surface area contributed by atoms with E-state index in [1.165, 1.54) is 18.4 Å². The molecule has 0 unspecified atom stereocenters. The van der Waals surface area contributed by atoms with Crippen LogP contribution < -0.4 is 5.32 Å². The summed E-state index contributed by atoms with van der Waals surface area (Å²) in [5, 5.41) is 3.33. The molecule has 0 spiro atoms. The van der Waals surface area contributed by atoms with Crippen molar-refractivity contribution in [1.82, 2.24) is 9.88 Å². The van der Waals surface area contributed by atoms with E-state index in [2.05, 4.69) is 28.2 Å². The highest BCUT2D eigenvalue weighted by Crippen LogP contribution is 2.29. The SMILES string of the molecule is CCNc1ncccc1CN(CCOC)C1CC1. The highest BCUT2D eigenvalue weighted by atomic mass is 16.5. The molecular formula is C14H23N3O. The maximum absolute atomic E-state index is 5.19. The number of nitrogens with zero attached hydrogens (tertiary/aromatic N) is 2. The number of methoxy groups -OCH3 is 1. The number of nitrogens with one attached hydrogen (secondary N) is 1. The molecule has 1 aromatic rings. The standard InChI is InChI=1S/C14H23N3O/c1-3-15-14-12(5-4-8-16-14)11-17(9-10-18-2)13-6-7-13/h4-5,8,13H,3,6-7,9-11H2,1-2H3,(H,15,16). The normalized spacial score (nSPS) is 15.1. The minimum absolute atomic E-state index is 0.745. The molecule has 0 saturated heterocycles. The molecule has 1 aromatic heterocycles. The van der Waals surface area contributed by atoms with Gasteiger partial charge in [-0.2, -0.15) is 0 Å². The lowest BCUT2D eigenvalue weighted by Crippen LogP contribution is -2.29. The Bertz CT molecular complexity index is 366. The van der Waals surface area contributed by atoms with Gasteiger partial charge in [0.2, 0.25) is 0 Å². The second kappa shape index (κ2) is 6.71. The highest BCUT2D eigenvalue weighted by Gasteiger charge is 2.29. The fourth-order valence-corrected chi connectivity index (χ4v) is 2.15. The molecule has 18 heavy (non-hydrogen) atoms. The zero-order chi connectivity index (χ0) is 12.8. The largest absolute Gasteiger partial charge is 0.383 e. The lowest BCUT2D eigenvalue weighted by atomic mass is 10.2. The second-order valence-electron chi connectivity index (χ2n) is 4.74. The lowest BCUT2D eigenvalue weighted by Gasteiger charge is -2.22. The number of aromatic nitrogens is 1. The van der Waals surface area contributed by atoms with Gasteiger partial charge in [-0.1, -0.05) is 6.07 Å². The van der Waals surface area contributed by atoms with E-state index in [1.54, 1.807) is 7.11 Å². The van der Waals surface area contributed by atoms with E-state index in [1.807, 2.05) is 12.3 Å². The van der Waals surface area contributed by atoms with Gasteiger partial charge in [-0.05, 0) is 25.8 Å². The van der Waals surface area contributed by atoms with E-state index in [0.717, 1.165) is 38.1 Å². The molecule has 1 aliphatic carbocycles. The molecule has 0 aliphatic heterocycles. The van der Waals surface area contributed by atoms with Gasteiger partial charge >= 0.3 is 0 Å². The molecule has 1 fully saturated rings. The van der Waals surface area contributed by atoms with Crippen LogP contribution in [-0.4, -0.2) is 42.7 Å². The highest BCUT2D eigenvalue weighted by molar-refractivity contribution is 5.43. The Labute approximate surface area is 109 Å². The molecule has 0 bridgehead atoms. The number of rotatable bonds is 8. The molecule has 0 atom stereocenters. The molecule has 2 rings (SSSR count). The Morgan fingerprint density at radius 1 is 1.50 bits per heavy atom. The van der Waals surface area contributed by atoms with E-state index < -0.39 is 0 Å². The molecule has 0 amide bonds. The van der Waals surface area contributed by atoms with Gasteiger partial charge in [0.25, 0.3) is 0 Å². The molecule has 4 nitrogen and oxygen atoms in total. The van der Waals surface area contributed by atoms with Crippen LogP contribution in [0.2, 0.25) is 0 Å². The van der Waals surface area contributed by atoms with Crippen molar-refractivity contribution in [2.24, 2.45) is 0 Å². The van der Waals surface area contributed by atoms with Gasteiger partial charge in [-0.25, -0.2) is 4.98 Å². The fourth-order valence-electron chi connectivity index (χ4n) is 2.15. The van der Waals surface area contributed by atoms with Crippen LogP contribution >= 0.6 is 0 Å². The van der Waals surface area contributed by atoms with E-state index in [0.29, 0.717) is 0 Å². The summed E-state index contributed by atoms with van der Waals surface area (Å²) in [4.78, 5) is 6.91. The van der Waals surface area contributed by atoms with Gasteiger partial charge in [0, 0.05) is 44.5 Å². The molecule has 0 radical (unpaired) electrons. The Balaban J connectivity index is 2.00. The number of hydrogen-bond donors (Lipinski definition) is 1. The topological polar surface area (TPSA) is 37.4 Å². The van der Waals surface area contributed by atoms with Crippen molar-refractivity contribution in [3.05, 3.63) is 23.9 Å². The van der Waals surface area contributed by atoms with Crippen molar-refractivity contribution in [3.8, 4) is 0 Å². The second-order valence-corrected chi connectivity index (χ2v) is 4.74. The maximum atomic E-state index is 5.19. The van der Waals surface area contributed by atoms with Gasteiger partial charge < -0.3 is 10.1 Å². The van der Waals surface area contributed by atoms with Crippen LogP contribution in [0.4, 0.5) is 5.82 Å². The average Bonchev–Trinajstić information content (AvgIpc) is 3.21. The first kappa shape index (κ1) is 13.3. The molecule has 1 heterocycles. The lowest BCUT2D eigenvalue weighted by molar-refractivity contribution is 0.139. The summed E-state index contributed by atoms with van der Waals surface area (Å²) in [6.45, 7) is 5.77. The van der Waals surface area contributed by atoms with Crippen LogP contribution in [0.3, 0.4) is 0 Å². The Morgan fingerprint density at radius 3 is 3.00 bits per heavy atom. The van der Waals surface area contributed by atoms with Crippen molar-refractivity contribution >= 4 is 5.82 Å². The first-order chi connectivity index (χ1) is 8.85. The van der Waals surface area contributed by atoms with Crippen LogP contribution in [0.5, 0.6) is 0 Å². The number of pyridine rings is 1. The van der Waals surface area contributed by atoms with E-state index in [9.17, 15) is 0 Å². The minimum Gasteiger partial charge on any atom is -0.383 e.